The number of phosphoric acid groups is 2. The maximum absolute atomic E-state index is 12.9. The van der Waals surface area contributed by atoms with Gasteiger partial charge in [-0.15, -0.1) is 0 Å². The number of aliphatic hydroxyl groups is 2. The van der Waals surface area contributed by atoms with Crippen molar-refractivity contribution in [3.63, 3.8) is 0 Å². The van der Waals surface area contributed by atoms with Gasteiger partial charge in [-0.05, 0) is 141 Å². The number of unbranched alkanes of at least 4 members (excludes halogenated alkanes) is 26. The molecule has 0 rings (SSSR count). The maximum Gasteiger partial charge on any atom is 0.472 e. The van der Waals surface area contributed by atoms with Crippen molar-refractivity contribution < 1.29 is 75.8 Å². The van der Waals surface area contributed by atoms with E-state index in [1.807, 2.05) is 0 Å². The molecule has 4 N–H and O–H groups in total. The number of hydrogen-bond acceptors (Lipinski definition) is 14. The monoisotopic (exact) mass is 1450 g/mol. The van der Waals surface area contributed by atoms with Gasteiger partial charge < -0.3 is 34.2 Å². The molecule has 5 atom stereocenters. The molecule has 0 amide bonds. The van der Waals surface area contributed by atoms with Crippen LogP contribution in [0.3, 0.4) is 0 Å². The highest BCUT2D eigenvalue weighted by Crippen LogP contribution is 2.45. The molecular weight excluding hydrogens is 1310 g/mol. The molecule has 0 aliphatic carbocycles. The Balaban J connectivity index is 4.53. The Morgan fingerprint density at radius 1 is 0.287 bits per heavy atom. The summed E-state index contributed by atoms with van der Waals surface area (Å²) in [5.74, 6) is -1.63. The van der Waals surface area contributed by atoms with Gasteiger partial charge in [0.1, 0.15) is 25.4 Å². The molecule has 0 fully saturated rings. The van der Waals surface area contributed by atoms with Crippen molar-refractivity contribution >= 4 is 33.6 Å². The van der Waals surface area contributed by atoms with Crippen LogP contribution in [0.15, 0.2) is 146 Å². The number of esters is 3. The summed E-state index contributed by atoms with van der Waals surface area (Å²) in [6, 6.07) is 0. The van der Waals surface area contributed by atoms with Gasteiger partial charge in [-0.1, -0.05) is 289 Å². The van der Waals surface area contributed by atoms with Crippen molar-refractivity contribution in [3.8, 4) is 0 Å². The molecule has 0 aromatic heterocycles. The summed E-state index contributed by atoms with van der Waals surface area (Å²) < 4.78 is 61.0. The second-order valence-corrected chi connectivity index (χ2v) is 28.7. The minimum atomic E-state index is -4.94. The van der Waals surface area contributed by atoms with E-state index < -0.39 is 91.5 Å². The molecule has 0 heterocycles. The van der Waals surface area contributed by atoms with Gasteiger partial charge in [-0.3, -0.25) is 32.5 Å². The highest BCUT2D eigenvalue weighted by atomic mass is 31.2. The summed E-state index contributed by atoms with van der Waals surface area (Å²) in [5, 5.41) is 20.6. The van der Waals surface area contributed by atoms with Crippen LogP contribution in [0.1, 0.15) is 303 Å². The Morgan fingerprint density at radius 3 is 0.871 bits per heavy atom. The van der Waals surface area contributed by atoms with E-state index in [4.69, 9.17) is 32.3 Å². The molecule has 18 heteroatoms. The van der Waals surface area contributed by atoms with Crippen LogP contribution in [0.5, 0.6) is 0 Å². The average Bonchev–Trinajstić information content (AvgIpc) is 0.939. The zero-order chi connectivity index (χ0) is 73.7. The highest BCUT2D eigenvalue weighted by Gasteiger charge is 2.29. The van der Waals surface area contributed by atoms with Crippen LogP contribution in [0, 0.1) is 0 Å². The van der Waals surface area contributed by atoms with Crippen molar-refractivity contribution in [1.82, 2.24) is 0 Å². The van der Waals surface area contributed by atoms with Gasteiger partial charge in [0.25, 0.3) is 0 Å². The summed E-state index contributed by atoms with van der Waals surface area (Å²) in [7, 11) is -9.80. The summed E-state index contributed by atoms with van der Waals surface area (Å²) in [6.07, 6.45) is 91.9. The predicted octanol–water partition coefficient (Wildman–Crippen LogP) is 22.9. The molecular formula is C83H140O16P2. The van der Waals surface area contributed by atoms with Crippen molar-refractivity contribution in [2.24, 2.45) is 0 Å². The fourth-order valence-electron chi connectivity index (χ4n) is 10.1. The molecule has 0 saturated carbocycles. The van der Waals surface area contributed by atoms with E-state index in [1.54, 1.807) is 0 Å². The Labute approximate surface area is 613 Å². The quantitative estimate of drug-likeness (QED) is 0.0146. The largest absolute Gasteiger partial charge is 0.472 e. The van der Waals surface area contributed by atoms with Gasteiger partial charge in [0.05, 0.1) is 26.4 Å². The number of ether oxygens (including phenoxy) is 3. The Kier molecular flexibility index (Phi) is 71.7. The lowest BCUT2D eigenvalue weighted by molar-refractivity contribution is -0.161. The SMILES string of the molecule is CC/C=C\C/C=C\C/C=C\C/C=C\C/C=C\C/C=C\CCCCCCC(=O)OCC(COP(=O)(O)OCC(O)COP(=O)(O)OCC(O)COC(=O)CCCCCCCCCCCCCCC/C=C\C/C=C\C/C=C\C/C=C\CCCCC)OC(=O)CCCCCCC/C=C\C/C=C\CCC. The third-order valence-corrected chi connectivity index (χ3v) is 17.9. The van der Waals surface area contributed by atoms with Crippen LogP contribution in [0.4, 0.5) is 0 Å². The molecule has 0 bridgehead atoms. The molecule has 0 radical (unpaired) electrons. The van der Waals surface area contributed by atoms with Gasteiger partial charge in [0, 0.05) is 19.3 Å². The first kappa shape index (κ1) is 96.4. The van der Waals surface area contributed by atoms with Crippen LogP contribution in [-0.2, 0) is 55.8 Å². The zero-order valence-corrected chi connectivity index (χ0v) is 64.8. The number of hydrogen-bond donors (Lipinski definition) is 4. The van der Waals surface area contributed by atoms with Crippen LogP contribution in [-0.4, -0.2) is 95.9 Å². The molecule has 0 aliphatic heterocycles. The molecule has 16 nitrogen and oxygen atoms in total. The van der Waals surface area contributed by atoms with Gasteiger partial charge in [0.2, 0.25) is 0 Å². The van der Waals surface area contributed by atoms with Crippen LogP contribution in [0.25, 0.3) is 0 Å². The van der Waals surface area contributed by atoms with Crippen molar-refractivity contribution in [2.75, 3.05) is 39.6 Å². The smallest absolute Gasteiger partial charge is 0.463 e. The minimum absolute atomic E-state index is 0.0779. The molecule has 578 valence electrons. The molecule has 101 heavy (non-hydrogen) atoms. The van der Waals surface area contributed by atoms with E-state index >= 15 is 0 Å². The fourth-order valence-corrected chi connectivity index (χ4v) is 11.7. The van der Waals surface area contributed by atoms with E-state index in [0.29, 0.717) is 19.3 Å². The van der Waals surface area contributed by atoms with Crippen molar-refractivity contribution in [2.45, 2.75) is 322 Å². The number of phosphoric ester groups is 2. The summed E-state index contributed by atoms with van der Waals surface area (Å²) >= 11 is 0. The summed E-state index contributed by atoms with van der Waals surface area (Å²) in [4.78, 5) is 58.6. The first-order chi connectivity index (χ1) is 49.2. The zero-order valence-electron chi connectivity index (χ0n) is 63.0. The lowest BCUT2D eigenvalue weighted by atomic mass is 10.0. The first-order valence-corrected chi connectivity index (χ1v) is 42.1. The second-order valence-electron chi connectivity index (χ2n) is 25.8. The van der Waals surface area contributed by atoms with Crippen LogP contribution in [0.2, 0.25) is 0 Å². The number of carbonyl (C=O) groups excluding carboxylic acids is 3. The van der Waals surface area contributed by atoms with Gasteiger partial charge in [-0.2, -0.15) is 0 Å². The predicted molar refractivity (Wildman–Crippen MR) is 417 cm³/mol. The normalized spacial score (nSPS) is 14.8. The third kappa shape index (κ3) is 76.4. The third-order valence-electron chi connectivity index (χ3n) is 16.0. The number of rotatable bonds is 73. The standard InChI is InChI=1S/C83H140O16P2/c1-4-7-10-13-16-19-22-25-27-29-31-33-35-36-37-38-39-40-42-44-45-47-49-52-54-57-60-63-66-69-81(86)93-72-78(84)73-95-100(89,90)96-74-79(85)75-97-101(91,92)98-77-80(99-83(88)71-68-65-62-59-56-51-24-21-18-15-12-9-6-3)76-94-82(87)70-67-64-61-58-55-53-50-48-46-43-41-34-32-30-28-26-23-20-17-14-11-8-5-2/h8,11-12,15-17,19-21,24-28,31-34,36-37,43,46,50,53,78-80,84-85H,4-7,9-10,13-14,18,22-23,29-30,35,38-42,44-45,47-49,51-52,54-77H2,1-3H3,(H,89,90)(H,91,92)/b11-8-,15-12-,19-16-,20-17-,24-21-,27-25-,28-26-,33-31-,34-32-,37-36-,46-43-,53-50-. The summed E-state index contributed by atoms with van der Waals surface area (Å²) in [6.45, 7) is 2.42. The van der Waals surface area contributed by atoms with Crippen LogP contribution < -0.4 is 0 Å². The first-order valence-electron chi connectivity index (χ1n) is 39.1. The van der Waals surface area contributed by atoms with Gasteiger partial charge in [0.15, 0.2) is 6.10 Å². The van der Waals surface area contributed by atoms with E-state index in [1.165, 1.54) is 83.5 Å². The van der Waals surface area contributed by atoms with E-state index in [-0.39, 0.29) is 19.3 Å². The second kappa shape index (κ2) is 75.1. The average molecular weight is 1460 g/mol. The number of allylic oxidation sites excluding steroid dienone is 24. The van der Waals surface area contributed by atoms with E-state index in [0.717, 1.165) is 161 Å². The fraction of sp³-hybridized carbons (Fsp3) is 0.675. The topological polar surface area (TPSA) is 231 Å². The Bertz CT molecular complexity index is 2420. The van der Waals surface area contributed by atoms with Crippen molar-refractivity contribution in [1.29, 1.82) is 0 Å². The van der Waals surface area contributed by atoms with Crippen molar-refractivity contribution in [3.05, 3.63) is 146 Å². The van der Waals surface area contributed by atoms with Gasteiger partial charge in [-0.25, -0.2) is 9.13 Å². The Hall–Kier alpha value is -4.57. The molecule has 0 saturated heterocycles. The molecule has 0 spiro atoms. The van der Waals surface area contributed by atoms with Gasteiger partial charge >= 0.3 is 33.6 Å². The lowest BCUT2D eigenvalue weighted by Gasteiger charge is -2.21. The molecule has 5 unspecified atom stereocenters. The van der Waals surface area contributed by atoms with Crippen LogP contribution >= 0.6 is 15.6 Å². The van der Waals surface area contributed by atoms with E-state index in [2.05, 4.69) is 167 Å². The molecule has 0 aromatic rings. The minimum Gasteiger partial charge on any atom is -0.463 e. The number of carbonyl (C=O) groups is 3. The molecule has 0 aromatic carbocycles. The Morgan fingerprint density at radius 2 is 0.545 bits per heavy atom. The van der Waals surface area contributed by atoms with E-state index in [9.17, 15) is 43.5 Å². The number of aliphatic hydroxyl groups excluding tert-OH is 2. The lowest BCUT2D eigenvalue weighted by Crippen LogP contribution is -2.30. The highest BCUT2D eigenvalue weighted by molar-refractivity contribution is 7.47. The molecule has 0 aliphatic rings. The summed E-state index contributed by atoms with van der Waals surface area (Å²) in [5.41, 5.74) is 0. The maximum atomic E-state index is 12.9.